The largest absolute Gasteiger partial charge is 0.380 e. The van der Waals surface area contributed by atoms with Gasteiger partial charge in [-0.15, -0.1) is 0 Å². The van der Waals surface area contributed by atoms with Crippen LogP contribution in [0.5, 0.6) is 0 Å². The number of nitrogens with one attached hydrogen (secondary N) is 2. The molecule has 2 N–H and O–H groups in total. The maximum absolute atomic E-state index is 11.7. The van der Waals surface area contributed by atoms with E-state index in [1.165, 1.54) is 6.20 Å². The summed E-state index contributed by atoms with van der Waals surface area (Å²) < 4.78 is 5.03. The van der Waals surface area contributed by atoms with Crippen molar-refractivity contribution in [3.05, 3.63) is 22.8 Å². The van der Waals surface area contributed by atoms with Crippen molar-refractivity contribution in [1.29, 1.82) is 0 Å². The average Bonchev–Trinajstić information content (AvgIpc) is 2.35. The van der Waals surface area contributed by atoms with Crippen LogP contribution in [-0.4, -0.2) is 37.7 Å². The molecule has 1 atom stereocenters. The topological polar surface area (TPSA) is 63.2 Å². The Bertz CT molecular complexity index is 398. The van der Waals surface area contributed by atoms with Gasteiger partial charge in [-0.25, -0.2) is 4.98 Å². The molecule has 1 rings (SSSR count). The lowest BCUT2D eigenvalue weighted by molar-refractivity contribution is 0.0870. The van der Waals surface area contributed by atoms with Gasteiger partial charge in [0.1, 0.15) is 5.82 Å². The van der Waals surface area contributed by atoms with Gasteiger partial charge >= 0.3 is 0 Å². The molecule has 6 heteroatoms. The standard InChI is InChI=1S/C11H16ClN3O2/c1-7(17-3)5-15-11(16)8-4-9(12)10(13-2)14-6-8/h4,6-7H,5H2,1-3H3,(H,13,14)(H,15,16). The van der Waals surface area contributed by atoms with Crippen molar-refractivity contribution < 1.29 is 9.53 Å². The second kappa shape index (κ2) is 6.42. The number of hydrogen-bond acceptors (Lipinski definition) is 4. The maximum Gasteiger partial charge on any atom is 0.252 e. The number of amides is 1. The van der Waals surface area contributed by atoms with E-state index < -0.39 is 0 Å². The Balaban J connectivity index is 2.66. The maximum atomic E-state index is 11.7. The van der Waals surface area contributed by atoms with E-state index >= 15 is 0 Å². The second-order valence-electron chi connectivity index (χ2n) is 3.56. The highest BCUT2D eigenvalue weighted by atomic mass is 35.5. The Labute approximate surface area is 106 Å². The third kappa shape index (κ3) is 3.87. The highest BCUT2D eigenvalue weighted by molar-refractivity contribution is 6.33. The molecule has 0 saturated carbocycles. The van der Waals surface area contributed by atoms with E-state index in [2.05, 4.69) is 15.6 Å². The van der Waals surface area contributed by atoms with Crippen LogP contribution in [0, 0.1) is 0 Å². The molecule has 17 heavy (non-hydrogen) atoms. The number of anilines is 1. The lowest BCUT2D eigenvalue weighted by Gasteiger charge is -2.11. The highest BCUT2D eigenvalue weighted by Gasteiger charge is 2.10. The van der Waals surface area contributed by atoms with Gasteiger partial charge in [-0.1, -0.05) is 11.6 Å². The third-order valence-electron chi connectivity index (χ3n) is 2.29. The quantitative estimate of drug-likeness (QED) is 0.840. The SMILES string of the molecule is CNc1ncc(C(=O)NCC(C)OC)cc1Cl. The minimum Gasteiger partial charge on any atom is -0.380 e. The summed E-state index contributed by atoms with van der Waals surface area (Å²) in [5, 5.41) is 5.97. The van der Waals surface area contributed by atoms with Crippen molar-refractivity contribution in [3.63, 3.8) is 0 Å². The Kier molecular flexibility index (Phi) is 5.18. The summed E-state index contributed by atoms with van der Waals surface area (Å²) in [6.45, 7) is 2.32. The van der Waals surface area contributed by atoms with Crippen molar-refractivity contribution in [1.82, 2.24) is 10.3 Å². The molecule has 1 amide bonds. The van der Waals surface area contributed by atoms with Crippen LogP contribution in [0.15, 0.2) is 12.3 Å². The summed E-state index contributed by atoms with van der Waals surface area (Å²) in [5.74, 6) is 0.333. The average molecular weight is 258 g/mol. The summed E-state index contributed by atoms with van der Waals surface area (Å²) >= 11 is 5.93. The Morgan fingerprint density at radius 3 is 2.88 bits per heavy atom. The fourth-order valence-corrected chi connectivity index (χ4v) is 1.43. The fraction of sp³-hybridized carbons (Fsp3) is 0.455. The normalized spacial score (nSPS) is 12.0. The van der Waals surface area contributed by atoms with E-state index in [-0.39, 0.29) is 12.0 Å². The van der Waals surface area contributed by atoms with Crippen LogP contribution in [0.1, 0.15) is 17.3 Å². The number of nitrogens with zero attached hydrogens (tertiary/aromatic N) is 1. The summed E-state index contributed by atoms with van der Waals surface area (Å²) in [4.78, 5) is 15.8. The van der Waals surface area contributed by atoms with Crippen LogP contribution >= 0.6 is 11.6 Å². The lowest BCUT2D eigenvalue weighted by atomic mass is 10.2. The molecule has 0 aromatic carbocycles. The van der Waals surface area contributed by atoms with Crippen molar-refractivity contribution in [2.75, 3.05) is 26.0 Å². The van der Waals surface area contributed by atoms with Gasteiger partial charge in [0.05, 0.1) is 16.7 Å². The van der Waals surface area contributed by atoms with Crippen LogP contribution in [-0.2, 0) is 4.74 Å². The van der Waals surface area contributed by atoms with E-state index in [0.717, 1.165) is 0 Å². The van der Waals surface area contributed by atoms with E-state index in [9.17, 15) is 4.79 Å². The third-order valence-corrected chi connectivity index (χ3v) is 2.58. The zero-order chi connectivity index (χ0) is 12.8. The molecule has 94 valence electrons. The first-order chi connectivity index (χ1) is 8.08. The summed E-state index contributed by atoms with van der Waals surface area (Å²) in [6.07, 6.45) is 1.45. The van der Waals surface area contributed by atoms with Crippen LogP contribution in [0.4, 0.5) is 5.82 Å². The van der Waals surface area contributed by atoms with Crippen molar-refractivity contribution >= 4 is 23.3 Å². The number of halogens is 1. The van der Waals surface area contributed by atoms with Crippen LogP contribution in [0.25, 0.3) is 0 Å². The minimum absolute atomic E-state index is 0.0287. The van der Waals surface area contributed by atoms with Crippen molar-refractivity contribution in [2.24, 2.45) is 0 Å². The van der Waals surface area contributed by atoms with E-state index in [1.54, 1.807) is 20.2 Å². The number of methoxy groups -OCH3 is 1. The lowest BCUT2D eigenvalue weighted by Crippen LogP contribution is -2.31. The van der Waals surface area contributed by atoms with Crippen molar-refractivity contribution in [2.45, 2.75) is 13.0 Å². The van der Waals surface area contributed by atoms with Gasteiger partial charge < -0.3 is 15.4 Å². The Hall–Kier alpha value is -1.33. The zero-order valence-corrected chi connectivity index (χ0v) is 10.8. The van der Waals surface area contributed by atoms with E-state index in [4.69, 9.17) is 16.3 Å². The fourth-order valence-electron chi connectivity index (χ4n) is 1.17. The second-order valence-corrected chi connectivity index (χ2v) is 3.97. The number of rotatable bonds is 5. The van der Waals surface area contributed by atoms with Gasteiger partial charge in [-0.2, -0.15) is 0 Å². The molecule has 1 aromatic heterocycles. The van der Waals surface area contributed by atoms with Gasteiger partial charge in [0.25, 0.3) is 5.91 Å². The molecule has 0 spiro atoms. The van der Waals surface area contributed by atoms with Gasteiger partial charge in [-0.3, -0.25) is 4.79 Å². The number of carbonyl (C=O) groups is 1. The zero-order valence-electron chi connectivity index (χ0n) is 10.1. The minimum atomic E-state index is -0.217. The summed E-state index contributed by atoms with van der Waals surface area (Å²) in [6, 6.07) is 1.58. The van der Waals surface area contributed by atoms with E-state index in [0.29, 0.717) is 22.9 Å². The summed E-state index contributed by atoms with van der Waals surface area (Å²) in [5.41, 5.74) is 0.428. The number of hydrogen-bond donors (Lipinski definition) is 2. The van der Waals surface area contributed by atoms with Gasteiger partial charge in [0.2, 0.25) is 0 Å². The molecular weight excluding hydrogens is 242 g/mol. The van der Waals surface area contributed by atoms with Crippen LogP contribution in [0.3, 0.4) is 0 Å². The molecule has 0 radical (unpaired) electrons. The highest BCUT2D eigenvalue weighted by Crippen LogP contribution is 2.19. The molecule has 0 saturated heterocycles. The first-order valence-electron chi connectivity index (χ1n) is 5.22. The molecule has 0 aliphatic rings. The van der Waals surface area contributed by atoms with Crippen LogP contribution in [0.2, 0.25) is 5.02 Å². The molecule has 1 unspecified atom stereocenters. The molecule has 0 bridgehead atoms. The molecule has 5 nitrogen and oxygen atoms in total. The number of aromatic nitrogens is 1. The monoisotopic (exact) mass is 257 g/mol. The predicted molar refractivity (Wildman–Crippen MR) is 67.6 cm³/mol. The molecular formula is C11H16ClN3O2. The Morgan fingerprint density at radius 1 is 1.65 bits per heavy atom. The van der Waals surface area contributed by atoms with Gasteiger partial charge in [-0.05, 0) is 13.0 Å². The predicted octanol–water partition coefficient (Wildman–Crippen LogP) is 1.54. The van der Waals surface area contributed by atoms with Gasteiger partial charge in [0.15, 0.2) is 0 Å². The first kappa shape index (κ1) is 13.7. The van der Waals surface area contributed by atoms with Gasteiger partial charge in [0, 0.05) is 26.9 Å². The number of pyridine rings is 1. The molecule has 1 heterocycles. The van der Waals surface area contributed by atoms with E-state index in [1.807, 2.05) is 6.92 Å². The smallest absolute Gasteiger partial charge is 0.252 e. The Morgan fingerprint density at radius 2 is 2.35 bits per heavy atom. The molecule has 0 aliphatic heterocycles. The van der Waals surface area contributed by atoms with Crippen molar-refractivity contribution in [3.8, 4) is 0 Å². The summed E-state index contributed by atoms with van der Waals surface area (Å²) in [7, 11) is 3.31. The number of carbonyl (C=O) groups excluding carboxylic acids is 1. The first-order valence-corrected chi connectivity index (χ1v) is 5.60. The molecule has 1 aromatic rings. The number of ether oxygens (including phenoxy) is 1. The van der Waals surface area contributed by atoms with Crippen LogP contribution < -0.4 is 10.6 Å². The molecule has 0 fully saturated rings. The molecule has 0 aliphatic carbocycles.